The molecule has 0 unspecified atom stereocenters. The highest BCUT2D eigenvalue weighted by atomic mass is 19.4. The van der Waals surface area contributed by atoms with E-state index in [-0.39, 0.29) is 36.4 Å². The summed E-state index contributed by atoms with van der Waals surface area (Å²) in [5, 5.41) is 26.1. The zero-order chi connectivity index (χ0) is 51.7. The standard InChI is InChI=1S/C44H61N9O9.C2HF3O2/c1-7-13-32(51-35(54)23-48-42(60)33(22-24(2)3)52-41(59)27(6)50-40(58)26(5)49-39(57)25(4)45)44(62)53-21-11-18-34(53)43(61)47-20-12-19-46-31-17-10-16-30-36(31)38(56)29-15-9-8-14-28(29)37(30)55;3-2(4,5)1(6)7/h8-10,14-17,24-27,32-34,46H,7,11-13,18-23,45H2,1-6H3,(H,47,61)(H,48,60)(H,49,57)(H,50,58)(H,51,54)(H,52,59);(H,6,7)/t25-,26+,27+,32+,33+,34+;/m1./s1. The Labute approximate surface area is 397 Å². The Morgan fingerprint density at radius 2 is 1.33 bits per heavy atom. The van der Waals surface area contributed by atoms with Gasteiger partial charge in [-0.25, -0.2) is 4.79 Å². The SMILES string of the molecule is CCC[C@H](NC(=O)CNC(=O)[C@H](CC(C)C)NC(=O)[C@H](C)NC(=O)[C@H](C)NC(=O)[C@@H](C)N)C(=O)N1CCC[C@H]1C(=O)NCCCNc1cccc2c1C(=O)c1ccccc1C2=O.O=C(O)C(F)(F)F. The number of alkyl halides is 3. The van der Waals surface area contributed by atoms with E-state index in [0.717, 1.165) is 0 Å². The van der Waals surface area contributed by atoms with Crippen LogP contribution in [-0.4, -0.2) is 137 Å². The molecule has 2 aliphatic rings. The van der Waals surface area contributed by atoms with Gasteiger partial charge >= 0.3 is 12.1 Å². The van der Waals surface area contributed by atoms with Crippen molar-refractivity contribution in [3.05, 3.63) is 64.7 Å². The molecular weight excluding hydrogens is 912 g/mol. The fourth-order valence-electron chi connectivity index (χ4n) is 7.33. The Morgan fingerprint density at radius 1 is 0.754 bits per heavy atom. The fraction of sp³-hybridized carbons (Fsp3) is 0.522. The van der Waals surface area contributed by atoms with Gasteiger partial charge in [-0.15, -0.1) is 0 Å². The number of amides is 7. The molecule has 0 bridgehead atoms. The highest BCUT2D eigenvalue weighted by Gasteiger charge is 2.39. The van der Waals surface area contributed by atoms with Crippen LogP contribution in [0.2, 0.25) is 0 Å². The van der Waals surface area contributed by atoms with Crippen molar-refractivity contribution in [2.45, 2.75) is 122 Å². The van der Waals surface area contributed by atoms with E-state index in [1.54, 1.807) is 42.5 Å². The van der Waals surface area contributed by atoms with Crippen LogP contribution in [0.5, 0.6) is 0 Å². The lowest BCUT2D eigenvalue weighted by Gasteiger charge is -2.29. The number of hydrogen-bond acceptors (Lipinski definition) is 12. The number of carbonyl (C=O) groups excluding carboxylic acids is 9. The van der Waals surface area contributed by atoms with E-state index in [0.29, 0.717) is 73.1 Å². The van der Waals surface area contributed by atoms with E-state index in [1.807, 2.05) is 20.8 Å². The molecular formula is C46H62F3N9O11. The van der Waals surface area contributed by atoms with E-state index >= 15 is 0 Å². The predicted octanol–water partition coefficient (Wildman–Crippen LogP) is 1.29. The number of carboxylic acids is 1. The Bertz CT molecular complexity index is 2240. The average molecular weight is 974 g/mol. The summed E-state index contributed by atoms with van der Waals surface area (Å²) >= 11 is 0. The first-order chi connectivity index (χ1) is 32.4. The molecule has 7 amide bonds. The van der Waals surface area contributed by atoms with E-state index in [1.165, 1.54) is 25.7 Å². The maximum atomic E-state index is 13.8. The molecule has 378 valence electrons. The summed E-state index contributed by atoms with van der Waals surface area (Å²) < 4.78 is 31.7. The third kappa shape index (κ3) is 16.4. The number of aliphatic carboxylic acids is 1. The largest absolute Gasteiger partial charge is 0.490 e. The van der Waals surface area contributed by atoms with Gasteiger partial charge in [0.05, 0.1) is 18.2 Å². The molecule has 6 atom stereocenters. The quantitative estimate of drug-likeness (QED) is 0.0681. The maximum Gasteiger partial charge on any atom is 0.490 e. The molecule has 1 fully saturated rings. The van der Waals surface area contributed by atoms with Crippen LogP contribution in [0.4, 0.5) is 18.9 Å². The Hall–Kier alpha value is -6.91. The van der Waals surface area contributed by atoms with Crippen LogP contribution in [0.3, 0.4) is 0 Å². The second-order valence-corrected chi connectivity index (χ2v) is 17.1. The van der Waals surface area contributed by atoms with Crippen molar-refractivity contribution >= 4 is 64.6 Å². The zero-order valence-electron chi connectivity index (χ0n) is 39.3. The van der Waals surface area contributed by atoms with Crippen molar-refractivity contribution in [1.82, 2.24) is 36.8 Å². The first-order valence-electron chi connectivity index (χ1n) is 22.6. The molecule has 2 aromatic rings. The molecule has 2 aromatic carbocycles. The summed E-state index contributed by atoms with van der Waals surface area (Å²) in [5.74, 6) is -7.06. The van der Waals surface area contributed by atoms with Crippen molar-refractivity contribution in [2.24, 2.45) is 11.7 Å². The number of nitrogens with zero attached hydrogens (tertiary/aromatic N) is 1. The summed E-state index contributed by atoms with van der Waals surface area (Å²) in [7, 11) is 0. The molecule has 1 aliphatic heterocycles. The van der Waals surface area contributed by atoms with E-state index in [2.05, 4.69) is 37.2 Å². The van der Waals surface area contributed by atoms with Crippen LogP contribution in [-0.2, 0) is 38.4 Å². The van der Waals surface area contributed by atoms with Crippen LogP contribution < -0.4 is 43.0 Å². The molecule has 0 radical (unpaired) electrons. The highest BCUT2D eigenvalue weighted by Crippen LogP contribution is 2.32. The predicted molar refractivity (Wildman–Crippen MR) is 244 cm³/mol. The number of likely N-dealkylation sites (tertiary alicyclic amines) is 1. The van der Waals surface area contributed by atoms with Crippen LogP contribution >= 0.6 is 0 Å². The van der Waals surface area contributed by atoms with Gasteiger partial charge in [0, 0.05) is 42.0 Å². The molecule has 10 N–H and O–H groups in total. The normalized spacial score (nSPS) is 16.2. The molecule has 1 saturated heterocycles. The molecule has 69 heavy (non-hydrogen) atoms. The molecule has 0 saturated carbocycles. The summed E-state index contributed by atoms with van der Waals surface area (Å²) in [4.78, 5) is 128. The van der Waals surface area contributed by atoms with Gasteiger partial charge in [0.15, 0.2) is 11.6 Å². The third-order valence-electron chi connectivity index (χ3n) is 10.9. The van der Waals surface area contributed by atoms with E-state index in [4.69, 9.17) is 15.6 Å². The minimum absolute atomic E-state index is 0.0362. The fourth-order valence-corrected chi connectivity index (χ4v) is 7.33. The maximum absolute atomic E-state index is 13.8. The van der Waals surface area contributed by atoms with Gasteiger partial charge in [0.2, 0.25) is 41.4 Å². The van der Waals surface area contributed by atoms with E-state index < -0.39 is 90.4 Å². The van der Waals surface area contributed by atoms with Crippen molar-refractivity contribution in [1.29, 1.82) is 0 Å². The molecule has 23 heteroatoms. The number of fused-ring (bicyclic) bond motifs is 2. The zero-order valence-corrected chi connectivity index (χ0v) is 39.3. The monoisotopic (exact) mass is 973 g/mol. The molecule has 0 spiro atoms. The number of carboxylic acid groups (broad SMARTS) is 1. The molecule has 4 rings (SSSR count). The van der Waals surface area contributed by atoms with Gasteiger partial charge in [-0.05, 0) is 64.9 Å². The lowest BCUT2D eigenvalue weighted by atomic mass is 9.83. The first-order valence-corrected chi connectivity index (χ1v) is 22.6. The second kappa shape index (κ2) is 26.0. The molecule has 20 nitrogen and oxygen atoms in total. The van der Waals surface area contributed by atoms with Crippen molar-refractivity contribution in [3.8, 4) is 0 Å². The van der Waals surface area contributed by atoms with Crippen molar-refractivity contribution < 1.29 is 66.2 Å². The average Bonchev–Trinajstić information content (AvgIpc) is 3.79. The minimum Gasteiger partial charge on any atom is -0.475 e. The Balaban J connectivity index is 0.00000167. The molecule has 0 aromatic heterocycles. The summed E-state index contributed by atoms with van der Waals surface area (Å²) in [6, 6.07) is 6.24. The number of hydrogen-bond donors (Lipinski definition) is 9. The second-order valence-electron chi connectivity index (χ2n) is 17.1. The van der Waals surface area contributed by atoms with Crippen molar-refractivity contribution in [3.63, 3.8) is 0 Å². The van der Waals surface area contributed by atoms with Gasteiger partial charge in [-0.1, -0.05) is 63.6 Å². The first kappa shape index (κ1) is 56.4. The third-order valence-corrected chi connectivity index (χ3v) is 10.9. The van der Waals surface area contributed by atoms with E-state index in [9.17, 15) is 56.3 Å². The molecule has 1 heterocycles. The number of carbonyl (C=O) groups is 10. The van der Waals surface area contributed by atoms with Crippen LogP contribution in [0, 0.1) is 5.92 Å². The Morgan fingerprint density at radius 3 is 1.91 bits per heavy atom. The number of anilines is 1. The van der Waals surface area contributed by atoms with Gasteiger partial charge in [0.25, 0.3) is 0 Å². The summed E-state index contributed by atoms with van der Waals surface area (Å²) in [6.07, 6.45) is -2.49. The van der Waals surface area contributed by atoms with Crippen molar-refractivity contribution in [2.75, 3.05) is 31.5 Å². The van der Waals surface area contributed by atoms with Gasteiger partial charge in [-0.3, -0.25) is 43.2 Å². The number of halogens is 3. The van der Waals surface area contributed by atoms with Crippen LogP contribution in [0.25, 0.3) is 0 Å². The Kier molecular flexibility index (Phi) is 21.3. The smallest absolute Gasteiger partial charge is 0.475 e. The number of rotatable bonds is 21. The number of nitrogens with two attached hydrogens (primary N) is 1. The van der Waals surface area contributed by atoms with Crippen LogP contribution in [0.15, 0.2) is 42.5 Å². The number of ketones is 2. The van der Waals surface area contributed by atoms with Crippen LogP contribution in [0.1, 0.15) is 112 Å². The van der Waals surface area contributed by atoms with Gasteiger partial charge < -0.3 is 53.0 Å². The summed E-state index contributed by atoms with van der Waals surface area (Å²) in [5.41, 5.74) is 7.47. The summed E-state index contributed by atoms with van der Waals surface area (Å²) in [6.45, 7) is 10.4. The lowest BCUT2D eigenvalue weighted by molar-refractivity contribution is -0.192. The highest BCUT2D eigenvalue weighted by molar-refractivity contribution is 6.30. The topological polar surface area (TPSA) is 304 Å². The minimum atomic E-state index is -5.08. The lowest BCUT2D eigenvalue weighted by Crippen LogP contribution is -2.57. The number of benzene rings is 2. The number of nitrogens with one attached hydrogen (secondary N) is 7. The molecule has 1 aliphatic carbocycles. The van der Waals surface area contributed by atoms with Gasteiger partial charge in [-0.2, -0.15) is 13.2 Å². The van der Waals surface area contributed by atoms with Gasteiger partial charge in [0.1, 0.15) is 30.2 Å².